The van der Waals surface area contributed by atoms with Gasteiger partial charge in [0.05, 0.1) is 5.69 Å². The molecule has 0 radical (unpaired) electrons. The first kappa shape index (κ1) is 21.5. The molecule has 3 aromatic rings. The number of sulfonamides is 1. The molecule has 2 aromatic carbocycles. The molecule has 0 aliphatic rings. The van der Waals surface area contributed by atoms with Gasteiger partial charge in [0, 0.05) is 38.0 Å². The van der Waals surface area contributed by atoms with E-state index in [1.807, 2.05) is 0 Å². The topological polar surface area (TPSA) is 86.8 Å². The van der Waals surface area contributed by atoms with Crippen LogP contribution in [0.15, 0.2) is 70.3 Å². The predicted molar refractivity (Wildman–Crippen MR) is 119 cm³/mol. The second kappa shape index (κ2) is 8.68. The largest absolute Gasteiger partial charge is 0.345 e. The third kappa shape index (κ3) is 4.52. The molecule has 7 nitrogen and oxygen atoms in total. The fraction of sp³-hybridized carbons (Fsp3) is 0.143. The molecule has 1 heterocycles. The standard InChI is InChI=1S/C21H21N3O4S2/c1-23(2)21(26)16-6-10-17(11-7-16)22-20(25)15-8-12-18(13-9-15)24(3)30(27,28)19-5-4-14-29-19/h4-14H,1-3H3,(H,22,25). The van der Waals surface area contributed by atoms with Crippen molar-refractivity contribution < 1.29 is 18.0 Å². The highest BCUT2D eigenvalue weighted by Gasteiger charge is 2.22. The minimum atomic E-state index is -3.63. The maximum Gasteiger partial charge on any atom is 0.273 e. The lowest BCUT2D eigenvalue weighted by molar-refractivity contribution is 0.0827. The second-order valence-electron chi connectivity index (χ2n) is 6.68. The smallest absolute Gasteiger partial charge is 0.273 e. The number of carbonyl (C=O) groups is 2. The summed E-state index contributed by atoms with van der Waals surface area (Å²) >= 11 is 1.15. The summed E-state index contributed by atoms with van der Waals surface area (Å²) < 4.78 is 26.6. The van der Waals surface area contributed by atoms with E-state index in [0.29, 0.717) is 22.5 Å². The van der Waals surface area contributed by atoms with Crippen LogP contribution in [0.4, 0.5) is 11.4 Å². The van der Waals surface area contributed by atoms with E-state index < -0.39 is 10.0 Å². The van der Waals surface area contributed by atoms with Crippen molar-refractivity contribution in [1.29, 1.82) is 0 Å². The highest BCUT2D eigenvalue weighted by molar-refractivity contribution is 7.94. The summed E-state index contributed by atoms with van der Waals surface area (Å²) in [7, 11) is 1.19. The number of amides is 2. The fourth-order valence-electron chi connectivity index (χ4n) is 2.66. The van der Waals surface area contributed by atoms with E-state index in [1.54, 1.807) is 80.1 Å². The molecule has 9 heteroatoms. The van der Waals surface area contributed by atoms with Crippen LogP contribution in [-0.2, 0) is 10.0 Å². The van der Waals surface area contributed by atoms with Crippen LogP contribution in [0.5, 0.6) is 0 Å². The molecule has 0 saturated heterocycles. The van der Waals surface area contributed by atoms with E-state index in [1.165, 1.54) is 16.3 Å². The SMILES string of the molecule is CN(C)C(=O)c1ccc(NC(=O)c2ccc(N(C)S(=O)(=O)c3cccs3)cc2)cc1. The first-order valence-electron chi connectivity index (χ1n) is 8.96. The van der Waals surface area contributed by atoms with Gasteiger partial charge in [0.1, 0.15) is 4.21 Å². The molecule has 0 fully saturated rings. The first-order valence-corrected chi connectivity index (χ1v) is 11.3. The molecular weight excluding hydrogens is 422 g/mol. The summed E-state index contributed by atoms with van der Waals surface area (Å²) in [6, 6.07) is 16.1. The molecule has 0 aliphatic carbocycles. The van der Waals surface area contributed by atoms with Crippen LogP contribution in [0.1, 0.15) is 20.7 Å². The summed E-state index contributed by atoms with van der Waals surface area (Å²) in [5.74, 6) is -0.456. The third-order valence-electron chi connectivity index (χ3n) is 4.40. The molecule has 30 heavy (non-hydrogen) atoms. The van der Waals surface area contributed by atoms with Crippen molar-refractivity contribution in [3.05, 3.63) is 77.2 Å². The van der Waals surface area contributed by atoms with E-state index >= 15 is 0 Å². The van der Waals surface area contributed by atoms with Crippen LogP contribution in [0.3, 0.4) is 0 Å². The summed E-state index contributed by atoms with van der Waals surface area (Å²) in [4.78, 5) is 25.9. The molecule has 1 N–H and O–H groups in total. The number of nitrogens with zero attached hydrogens (tertiary/aromatic N) is 2. The van der Waals surface area contributed by atoms with Gasteiger partial charge in [-0.25, -0.2) is 8.42 Å². The average Bonchev–Trinajstić information content (AvgIpc) is 3.29. The van der Waals surface area contributed by atoms with Crippen molar-refractivity contribution >= 4 is 44.5 Å². The maximum atomic E-state index is 12.6. The van der Waals surface area contributed by atoms with Gasteiger partial charge in [-0.2, -0.15) is 0 Å². The van der Waals surface area contributed by atoms with E-state index in [0.717, 1.165) is 11.3 Å². The quantitative estimate of drug-likeness (QED) is 0.631. The number of rotatable bonds is 6. The van der Waals surface area contributed by atoms with Crippen molar-refractivity contribution in [2.45, 2.75) is 4.21 Å². The lowest BCUT2D eigenvalue weighted by Gasteiger charge is -2.18. The summed E-state index contributed by atoms with van der Waals surface area (Å²) in [5, 5.41) is 4.47. The van der Waals surface area contributed by atoms with Gasteiger partial charge in [0.15, 0.2) is 0 Å². The van der Waals surface area contributed by atoms with Gasteiger partial charge >= 0.3 is 0 Å². The third-order valence-corrected chi connectivity index (χ3v) is 7.56. The highest BCUT2D eigenvalue weighted by Crippen LogP contribution is 2.25. The van der Waals surface area contributed by atoms with Crippen molar-refractivity contribution in [2.75, 3.05) is 30.8 Å². The van der Waals surface area contributed by atoms with Crippen LogP contribution < -0.4 is 9.62 Å². The van der Waals surface area contributed by atoms with E-state index in [9.17, 15) is 18.0 Å². The zero-order valence-corrected chi connectivity index (χ0v) is 18.3. The molecule has 0 saturated carbocycles. The lowest BCUT2D eigenvalue weighted by Crippen LogP contribution is -2.25. The zero-order valence-electron chi connectivity index (χ0n) is 16.7. The van der Waals surface area contributed by atoms with Gasteiger partial charge in [-0.05, 0) is 60.0 Å². The number of hydrogen-bond acceptors (Lipinski definition) is 5. The lowest BCUT2D eigenvalue weighted by atomic mass is 10.1. The molecule has 0 bridgehead atoms. The van der Waals surface area contributed by atoms with Gasteiger partial charge < -0.3 is 10.2 Å². The highest BCUT2D eigenvalue weighted by atomic mass is 32.2. The normalized spacial score (nSPS) is 11.0. The van der Waals surface area contributed by atoms with Crippen molar-refractivity contribution in [1.82, 2.24) is 4.90 Å². The Morgan fingerprint density at radius 2 is 1.47 bits per heavy atom. The van der Waals surface area contributed by atoms with Gasteiger partial charge in [-0.15, -0.1) is 11.3 Å². The number of carbonyl (C=O) groups excluding carboxylic acids is 2. The van der Waals surface area contributed by atoms with E-state index in [4.69, 9.17) is 0 Å². The molecule has 0 aliphatic heterocycles. The number of thiophene rings is 1. The second-order valence-corrected chi connectivity index (χ2v) is 9.83. The minimum absolute atomic E-state index is 0.120. The Kier molecular flexibility index (Phi) is 6.23. The van der Waals surface area contributed by atoms with Gasteiger partial charge in [0.25, 0.3) is 21.8 Å². The minimum Gasteiger partial charge on any atom is -0.345 e. The van der Waals surface area contributed by atoms with Crippen LogP contribution >= 0.6 is 11.3 Å². The monoisotopic (exact) mass is 443 g/mol. The molecular formula is C21H21N3O4S2. The van der Waals surface area contributed by atoms with E-state index in [2.05, 4.69) is 5.32 Å². The summed E-state index contributed by atoms with van der Waals surface area (Å²) in [6.45, 7) is 0. The first-order chi connectivity index (χ1) is 14.2. The summed E-state index contributed by atoms with van der Waals surface area (Å²) in [5.41, 5.74) is 1.91. The number of anilines is 2. The Morgan fingerprint density at radius 3 is 2.00 bits per heavy atom. The Hall–Kier alpha value is -3.17. The molecule has 156 valence electrons. The van der Waals surface area contributed by atoms with Crippen molar-refractivity contribution in [3.63, 3.8) is 0 Å². The number of hydrogen-bond donors (Lipinski definition) is 1. The fourth-order valence-corrected chi connectivity index (χ4v) is 5.02. The van der Waals surface area contributed by atoms with Crippen LogP contribution in [0.2, 0.25) is 0 Å². The molecule has 3 rings (SSSR count). The predicted octanol–water partition coefficient (Wildman–Crippen LogP) is 3.53. The van der Waals surface area contributed by atoms with E-state index in [-0.39, 0.29) is 16.0 Å². The van der Waals surface area contributed by atoms with Crippen molar-refractivity contribution in [2.24, 2.45) is 0 Å². The molecule has 0 unspecified atom stereocenters. The zero-order chi connectivity index (χ0) is 21.9. The molecule has 0 spiro atoms. The Morgan fingerprint density at radius 1 is 0.867 bits per heavy atom. The van der Waals surface area contributed by atoms with Crippen molar-refractivity contribution in [3.8, 4) is 0 Å². The molecule has 1 aromatic heterocycles. The molecule has 0 atom stereocenters. The van der Waals surface area contributed by atoms with Gasteiger partial charge in [-0.3, -0.25) is 13.9 Å². The van der Waals surface area contributed by atoms with Gasteiger partial charge in [-0.1, -0.05) is 6.07 Å². The summed E-state index contributed by atoms with van der Waals surface area (Å²) in [6.07, 6.45) is 0. The van der Waals surface area contributed by atoms with Crippen LogP contribution in [0.25, 0.3) is 0 Å². The van der Waals surface area contributed by atoms with Crippen LogP contribution in [-0.4, -0.2) is 46.3 Å². The Labute approximate surface area is 179 Å². The Bertz CT molecular complexity index is 1140. The molecule has 2 amide bonds. The average molecular weight is 444 g/mol. The Balaban J connectivity index is 1.70. The van der Waals surface area contributed by atoms with Crippen LogP contribution in [0, 0.1) is 0 Å². The number of nitrogens with one attached hydrogen (secondary N) is 1. The maximum absolute atomic E-state index is 12.6. The van der Waals surface area contributed by atoms with Gasteiger partial charge in [0.2, 0.25) is 0 Å². The number of benzene rings is 2.